The fourth-order valence-corrected chi connectivity index (χ4v) is 1.85. The molecule has 1 unspecified atom stereocenters. The lowest BCUT2D eigenvalue weighted by atomic mass is 10.00. The summed E-state index contributed by atoms with van der Waals surface area (Å²) in [5.74, 6) is -4.04. The first kappa shape index (κ1) is 13.5. The van der Waals surface area contributed by atoms with E-state index in [9.17, 15) is 22.7 Å². The Morgan fingerprint density at radius 3 is 2.05 bits per heavy atom. The van der Waals surface area contributed by atoms with Crippen LogP contribution in [0.1, 0.15) is 17.2 Å². The summed E-state index contributed by atoms with van der Waals surface area (Å²) in [5, 5.41) is 9.78. The number of hydrogen-bond acceptors (Lipinski definition) is 1. The maximum absolute atomic E-state index is 13.4. The van der Waals surface area contributed by atoms with Crippen LogP contribution in [0, 0.1) is 23.3 Å². The Kier molecular flexibility index (Phi) is 3.85. The van der Waals surface area contributed by atoms with E-state index in [1.165, 1.54) is 18.2 Å². The number of benzene rings is 2. The molecule has 2 aromatic carbocycles. The van der Waals surface area contributed by atoms with Crippen molar-refractivity contribution in [1.29, 1.82) is 0 Å². The summed E-state index contributed by atoms with van der Waals surface area (Å²) in [7, 11) is 0. The van der Waals surface area contributed by atoms with E-state index in [4.69, 9.17) is 0 Å². The maximum atomic E-state index is 13.4. The van der Waals surface area contributed by atoms with Gasteiger partial charge in [-0.25, -0.2) is 17.6 Å². The molecule has 1 atom stereocenters. The molecule has 100 valence electrons. The van der Waals surface area contributed by atoms with E-state index >= 15 is 0 Å². The van der Waals surface area contributed by atoms with Crippen LogP contribution in [0.25, 0.3) is 0 Å². The highest BCUT2D eigenvalue weighted by Crippen LogP contribution is 2.25. The van der Waals surface area contributed by atoms with Crippen LogP contribution in [0.2, 0.25) is 0 Å². The molecule has 0 aromatic heterocycles. The van der Waals surface area contributed by atoms with Gasteiger partial charge >= 0.3 is 0 Å². The van der Waals surface area contributed by atoms with Gasteiger partial charge in [-0.1, -0.05) is 18.2 Å². The highest BCUT2D eigenvalue weighted by atomic mass is 19.1. The van der Waals surface area contributed by atoms with Gasteiger partial charge in [0, 0.05) is 18.6 Å². The molecule has 0 heterocycles. The number of halogens is 4. The molecule has 0 aliphatic carbocycles. The third-order valence-electron chi connectivity index (χ3n) is 2.75. The topological polar surface area (TPSA) is 20.2 Å². The molecule has 2 rings (SSSR count). The molecule has 0 amide bonds. The number of aliphatic hydroxyl groups is 1. The number of hydrogen-bond donors (Lipinski definition) is 1. The monoisotopic (exact) mass is 270 g/mol. The van der Waals surface area contributed by atoms with Crippen molar-refractivity contribution < 1.29 is 22.7 Å². The third-order valence-corrected chi connectivity index (χ3v) is 2.75. The van der Waals surface area contributed by atoms with Gasteiger partial charge in [-0.05, 0) is 11.6 Å². The smallest absolute Gasteiger partial charge is 0.134 e. The minimum absolute atomic E-state index is 0.123. The summed E-state index contributed by atoms with van der Waals surface area (Å²) in [6.07, 6.45) is -1.89. The summed E-state index contributed by atoms with van der Waals surface area (Å²) in [5.41, 5.74) is -0.539. The molecule has 1 nitrogen and oxygen atoms in total. The quantitative estimate of drug-likeness (QED) is 0.846. The molecule has 0 saturated heterocycles. The van der Waals surface area contributed by atoms with Crippen molar-refractivity contribution in [2.45, 2.75) is 12.5 Å². The number of rotatable bonds is 3. The Labute approximate surface area is 107 Å². The molecule has 1 N–H and O–H groups in total. The lowest BCUT2D eigenvalue weighted by Crippen LogP contribution is -2.09. The van der Waals surface area contributed by atoms with Crippen molar-refractivity contribution in [2.24, 2.45) is 0 Å². The van der Waals surface area contributed by atoms with Crippen LogP contribution in [0.3, 0.4) is 0 Å². The molecule has 0 saturated carbocycles. The van der Waals surface area contributed by atoms with E-state index in [1.54, 1.807) is 6.07 Å². The van der Waals surface area contributed by atoms with Crippen molar-refractivity contribution >= 4 is 0 Å². The molecule has 0 fully saturated rings. The molecule has 0 aliphatic heterocycles. The Hall–Kier alpha value is -1.88. The molecule has 0 aliphatic rings. The standard InChI is InChI=1S/C14H10F4O/c15-9-6-11(17)14(12(18)7-9)13(19)5-8-3-1-2-4-10(8)16/h1-4,6-7,13,19H,5H2. The second-order valence-corrected chi connectivity index (χ2v) is 4.09. The molecule has 0 radical (unpaired) electrons. The van der Waals surface area contributed by atoms with E-state index in [1.807, 2.05) is 0 Å². The lowest BCUT2D eigenvalue weighted by Gasteiger charge is -2.13. The first-order valence-corrected chi connectivity index (χ1v) is 5.55. The third kappa shape index (κ3) is 2.93. The summed E-state index contributed by atoms with van der Waals surface area (Å²) in [6.45, 7) is 0. The molecule has 0 spiro atoms. The van der Waals surface area contributed by atoms with Crippen LogP contribution in [0.4, 0.5) is 17.6 Å². The lowest BCUT2D eigenvalue weighted by molar-refractivity contribution is 0.167. The first-order chi connectivity index (χ1) is 8.99. The second kappa shape index (κ2) is 5.40. The highest BCUT2D eigenvalue weighted by molar-refractivity contribution is 5.26. The van der Waals surface area contributed by atoms with Crippen LogP contribution < -0.4 is 0 Å². The van der Waals surface area contributed by atoms with Crippen molar-refractivity contribution in [3.05, 3.63) is 70.8 Å². The zero-order chi connectivity index (χ0) is 14.0. The summed E-state index contributed by atoms with van der Waals surface area (Å²) >= 11 is 0. The van der Waals surface area contributed by atoms with Crippen molar-refractivity contribution in [2.75, 3.05) is 0 Å². The van der Waals surface area contributed by atoms with E-state index in [2.05, 4.69) is 0 Å². The number of aliphatic hydroxyl groups excluding tert-OH is 1. The van der Waals surface area contributed by atoms with Gasteiger partial charge in [0.2, 0.25) is 0 Å². The summed E-state index contributed by atoms with van der Waals surface area (Å²) < 4.78 is 53.0. The average Bonchev–Trinajstić information content (AvgIpc) is 2.30. The zero-order valence-corrected chi connectivity index (χ0v) is 9.71. The van der Waals surface area contributed by atoms with Crippen LogP contribution >= 0.6 is 0 Å². The van der Waals surface area contributed by atoms with Gasteiger partial charge in [-0.2, -0.15) is 0 Å². The van der Waals surface area contributed by atoms with Crippen LogP contribution in [0.5, 0.6) is 0 Å². The molecule has 2 aromatic rings. The first-order valence-electron chi connectivity index (χ1n) is 5.55. The van der Waals surface area contributed by atoms with Gasteiger partial charge in [0.15, 0.2) is 0 Å². The van der Waals surface area contributed by atoms with E-state index in [-0.39, 0.29) is 12.0 Å². The zero-order valence-electron chi connectivity index (χ0n) is 9.71. The Morgan fingerprint density at radius 1 is 0.895 bits per heavy atom. The van der Waals surface area contributed by atoms with E-state index in [0.29, 0.717) is 12.1 Å². The van der Waals surface area contributed by atoms with Crippen LogP contribution in [-0.4, -0.2) is 5.11 Å². The van der Waals surface area contributed by atoms with Gasteiger partial charge < -0.3 is 5.11 Å². The SMILES string of the molecule is OC(Cc1ccccc1F)c1c(F)cc(F)cc1F. The molecule has 5 heteroatoms. The Morgan fingerprint density at radius 2 is 1.47 bits per heavy atom. The average molecular weight is 270 g/mol. The largest absolute Gasteiger partial charge is 0.388 e. The maximum Gasteiger partial charge on any atom is 0.134 e. The Bertz CT molecular complexity index is 575. The van der Waals surface area contributed by atoms with E-state index < -0.39 is 34.9 Å². The van der Waals surface area contributed by atoms with E-state index in [0.717, 1.165) is 0 Å². The highest BCUT2D eigenvalue weighted by Gasteiger charge is 2.20. The van der Waals surface area contributed by atoms with Crippen LogP contribution in [0.15, 0.2) is 36.4 Å². The van der Waals surface area contributed by atoms with Gasteiger partial charge in [0.1, 0.15) is 23.3 Å². The second-order valence-electron chi connectivity index (χ2n) is 4.09. The van der Waals surface area contributed by atoms with Crippen molar-refractivity contribution in [3.63, 3.8) is 0 Å². The van der Waals surface area contributed by atoms with Gasteiger partial charge in [-0.3, -0.25) is 0 Å². The Balaban J connectivity index is 2.31. The molecular weight excluding hydrogens is 260 g/mol. The predicted molar refractivity (Wildman–Crippen MR) is 61.4 cm³/mol. The fraction of sp³-hybridized carbons (Fsp3) is 0.143. The van der Waals surface area contributed by atoms with Crippen LogP contribution in [-0.2, 0) is 6.42 Å². The minimum Gasteiger partial charge on any atom is -0.388 e. The summed E-state index contributed by atoms with van der Waals surface area (Å²) in [6, 6.07) is 6.54. The molecular formula is C14H10F4O. The van der Waals surface area contributed by atoms with Gasteiger partial charge in [-0.15, -0.1) is 0 Å². The van der Waals surface area contributed by atoms with Crippen molar-refractivity contribution in [3.8, 4) is 0 Å². The minimum atomic E-state index is -1.59. The fourth-order valence-electron chi connectivity index (χ4n) is 1.85. The normalized spacial score (nSPS) is 12.5. The summed E-state index contributed by atoms with van der Waals surface area (Å²) in [4.78, 5) is 0. The molecule has 19 heavy (non-hydrogen) atoms. The van der Waals surface area contributed by atoms with Gasteiger partial charge in [0.25, 0.3) is 0 Å². The van der Waals surface area contributed by atoms with Gasteiger partial charge in [0.05, 0.1) is 11.7 Å². The van der Waals surface area contributed by atoms with Crippen molar-refractivity contribution in [1.82, 2.24) is 0 Å². The predicted octanol–water partition coefficient (Wildman–Crippen LogP) is 3.52. The molecule has 0 bridgehead atoms.